The molecule has 0 bridgehead atoms. The van der Waals surface area contributed by atoms with Crippen molar-refractivity contribution in [2.75, 3.05) is 0 Å². The Labute approximate surface area is 109 Å². The van der Waals surface area contributed by atoms with E-state index in [-0.39, 0.29) is 5.54 Å². The minimum atomic E-state index is 0.0772. The highest BCUT2D eigenvalue weighted by atomic mass is 79.9. The summed E-state index contributed by atoms with van der Waals surface area (Å²) in [5.74, 6) is 0. The smallest absolute Gasteiger partial charge is 0.109 e. The number of hydrogen-bond donors (Lipinski definition) is 1. The summed E-state index contributed by atoms with van der Waals surface area (Å²) in [7, 11) is 0. The summed E-state index contributed by atoms with van der Waals surface area (Å²) in [5, 5.41) is 4.25. The lowest BCUT2D eigenvalue weighted by atomic mass is 10.0. The van der Waals surface area contributed by atoms with Crippen LogP contribution in [-0.2, 0) is 6.42 Å². The van der Waals surface area contributed by atoms with E-state index >= 15 is 0 Å². The van der Waals surface area contributed by atoms with Gasteiger partial charge in [0.15, 0.2) is 0 Å². The monoisotopic (exact) mass is 291 g/mol. The first kappa shape index (κ1) is 11.0. The van der Waals surface area contributed by atoms with Gasteiger partial charge in [0.05, 0.1) is 11.9 Å². The van der Waals surface area contributed by atoms with E-state index in [9.17, 15) is 0 Å². The van der Waals surface area contributed by atoms with Gasteiger partial charge < -0.3 is 5.73 Å². The molecule has 4 heteroatoms. The maximum atomic E-state index is 6.11. The van der Waals surface area contributed by atoms with Crippen LogP contribution in [0.5, 0.6) is 0 Å². The Kier molecular flexibility index (Phi) is 2.56. The molecule has 1 heterocycles. The van der Waals surface area contributed by atoms with E-state index in [4.69, 9.17) is 5.73 Å². The largest absolute Gasteiger partial charge is 0.325 e. The molecule has 88 valence electrons. The lowest BCUT2D eigenvalue weighted by Crippen LogP contribution is -2.24. The number of benzene rings is 1. The second-order valence-electron chi connectivity index (χ2n) is 4.77. The molecule has 3 nitrogen and oxygen atoms in total. The summed E-state index contributed by atoms with van der Waals surface area (Å²) in [6.07, 6.45) is 5.06. The molecule has 3 rings (SSSR count). The van der Waals surface area contributed by atoms with Crippen LogP contribution in [0.3, 0.4) is 0 Å². The summed E-state index contributed by atoms with van der Waals surface area (Å²) < 4.78 is 2.82. The predicted molar refractivity (Wildman–Crippen MR) is 71.1 cm³/mol. The molecule has 0 saturated heterocycles. The van der Waals surface area contributed by atoms with Gasteiger partial charge in [0, 0.05) is 5.54 Å². The average Bonchev–Trinajstić information content (AvgIpc) is 2.87. The molecular weight excluding hydrogens is 278 g/mol. The quantitative estimate of drug-likeness (QED) is 0.945. The topological polar surface area (TPSA) is 43.8 Å². The van der Waals surface area contributed by atoms with E-state index in [1.807, 2.05) is 10.7 Å². The van der Waals surface area contributed by atoms with Gasteiger partial charge in [-0.2, -0.15) is 5.10 Å². The molecule has 2 aromatic rings. The van der Waals surface area contributed by atoms with Crippen LogP contribution in [0.15, 0.2) is 41.1 Å². The van der Waals surface area contributed by atoms with Crippen LogP contribution in [0.4, 0.5) is 0 Å². The third-order valence-electron chi connectivity index (χ3n) is 3.23. The van der Waals surface area contributed by atoms with E-state index in [1.165, 1.54) is 5.56 Å². The van der Waals surface area contributed by atoms with Gasteiger partial charge in [0.1, 0.15) is 4.60 Å². The average molecular weight is 292 g/mol. The summed E-state index contributed by atoms with van der Waals surface area (Å²) in [6.45, 7) is 0. The van der Waals surface area contributed by atoms with Crippen LogP contribution >= 0.6 is 15.9 Å². The first-order valence-electron chi connectivity index (χ1n) is 5.74. The maximum Gasteiger partial charge on any atom is 0.109 e. The van der Waals surface area contributed by atoms with Gasteiger partial charge >= 0.3 is 0 Å². The molecule has 1 aromatic carbocycles. The zero-order chi connectivity index (χ0) is 11.9. The molecule has 0 amide bonds. The first-order chi connectivity index (χ1) is 8.16. The number of aromatic nitrogens is 2. The molecule has 1 aromatic heterocycles. The molecule has 0 spiro atoms. The van der Waals surface area contributed by atoms with E-state index in [2.05, 4.69) is 45.3 Å². The Morgan fingerprint density at radius 3 is 2.47 bits per heavy atom. The fourth-order valence-electron chi connectivity index (χ4n) is 1.98. The highest BCUT2D eigenvalue weighted by Gasteiger charge is 2.37. The number of halogens is 1. The highest BCUT2D eigenvalue weighted by Crippen LogP contribution is 2.35. The van der Waals surface area contributed by atoms with Crippen LogP contribution in [0.2, 0.25) is 0 Å². The van der Waals surface area contributed by atoms with Gasteiger partial charge in [-0.05, 0) is 59.0 Å². The Morgan fingerprint density at radius 2 is 1.94 bits per heavy atom. The number of nitrogens with two attached hydrogens (primary N) is 1. The van der Waals surface area contributed by atoms with Crippen molar-refractivity contribution in [2.24, 2.45) is 5.73 Å². The molecule has 1 saturated carbocycles. The van der Waals surface area contributed by atoms with Crippen molar-refractivity contribution in [3.63, 3.8) is 0 Å². The van der Waals surface area contributed by atoms with Crippen LogP contribution in [-0.4, -0.2) is 15.3 Å². The van der Waals surface area contributed by atoms with Gasteiger partial charge in [-0.25, -0.2) is 4.68 Å². The van der Waals surface area contributed by atoms with Gasteiger partial charge in [0.2, 0.25) is 0 Å². The van der Waals surface area contributed by atoms with Crippen molar-refractivity contribution in [3.05, 3.63) is 46.7 Å². The van der Waals surface area contributed by atoms with Crippen molar-refractivity contribution in [3.8, 4) is 5.69 Å². The third kappa shape index (κ3) is 2.28. The standard InChI is InChI=1S/C13H14BrN3/c14-12-5-8-16-17(12)11-3-1-10(2-4-11)9-13(15)6-7-13/h1-5,8H,6-7,9,15H2. The van der Waals surface area contributed by atoms with E-state index in [0.29, 0.717) is 0 Å². The normalized spacial score (nSPS) is 17.1. The van der Waals surface area contributed by atoms with Gasteiger partial charge in [-0.3, -0.25) is 0 Å². The second-order valence-corrected chi connectivity index (χ2v) is 5.58. The number of nitrogens with zero attached hydrogens (tertiary/aromatic N) is 2. The highest BCUT2D eigenvalue weighted by molar-refractivity contribution is 9.10. The molecule has 0 radical (unpaired) electrons. The van der Waals surface area contributed by atoms with Crippen molar-refractivity contribution in [1.82, 2.24) is 9.78 Å². The van der Waals surface area contributed by atoms with Crippen LogP contribution in [0, 0.1) is 0 Å². The first-order valence-corrected chi connectivity index (χ1v) is 6.53. The lowest BCUT2D eigenvalue weighted by Gasteiger charge is -2.09. The van der Waals surface area contributed by atoms with Crippen LogP contribution in [0.1, 0.15) is 18.4 Å². The minimum absolute atomic E-state index is 0.0772. The van der Waals surface area contributed by atoms with Crippen LogP contribution < -0.4 is 5.73 Å². The Hall–Kier alpha value is -1.13. The Balaban J connectivity index is 1.83. The molecule has 0 unspecified atom stereocenters. The molecule has 17 heavy (non-hydrogen) atoms. The zero-order valence-corrected chi connectivity index (χ0v) is 11.0. The van der Waals surface area contributed by atoms with Gasteiger partial charge in [-0.15, -0.1) is 0 Å². The predicted octanol–water partition coefficient (Wildman–Crippen LogP) is 2.67. The summed E-state index contributed by atoms with van der Waals surface area (Å²) >= 11 is 3.46. The third-order valence-corrected chi connectivity index (χ3v) is 3.83. The summed E-state index contributed by atoms with van der Waals surface area (Å²) in [5.41, 5.74) is 8.55. The molecule has 2 N–H and O–H groups in total. The fourth-order valence-corrected chi connectivity index (χ4v) is 2.39. The number of rotatable bonds is 3. The Bertz CT molecular complexity index is 526. The number of hydrogen-bond acceptors (Lipinski definition) is 2. The van der Waals surface area contributed by atoms with Crippen LogP contribution in [0.25, 0.3) is 5.69 Å². The molecule has 1 fully saturated rings. The zero-order valence-electron chi connectivity index (χ0n) is 9.44. The Morgan fingerprint density at radius 1 is 1.24 bits per heavy atom. The minimum Gasteiger partial charge on any atom is -0.325 e. The molecular formula is C13H14BrN3. The second kappa shape index (κ2) is 3.96. The molecule has 1 aliphatic rings. The van der Waals surface area contributed by atoms with Gasteiger partial charge in [-0.1, -0.05) is 12.1 Å². The van der Waals surface area contributed by atoms with E-state index in [1.54, 1.807) is 6.20 Å². The molecule has 0 atom stereocenters. The van der Waals surface area contributed by atoms with E-state index < -0.39 is 0 Å². The molecule has 1 aliphatic carbocycles. The summed E-state index contributed by atoms with van der Waals surface area (Å²) in [6, 6.07) is 10.4. The SMILES string of the molecule is NC1(Cc2ccc(-n3nccc3Br)cc2)CC1. The lowest BCUT2D eigenvalue weighted by molar-refractivity contribution is 0.672. The molecule has 0 aliphatic heterocycles. The fraction of sp³-hybridized carbons (Fsp3) is 0.308. The van der Waals surface area contributed by atoms with Crippen molar-refractivity contribution in [1.29, 1.82) is 0 Å². The van der Waals surface area contributed by atoms with Gasteiger partial charge in [0.25, 0.3) is 0 Å². The van der Waals surface area contributed by atoms with Crippen molar-refractivity contribution in [2.45, 2.75) is 24.8 Å². The van der Waals surface area contributed by atoms with Crippen molar-refractivity contribution >= 4 is 15.9 Å². The summed E-state index contributed by atoms with van der Waals surface area (Å²) in [4.78, 5) is 0. The maximum absolute atomic E-state index is 6.11. The van der Waals surface area contributed by atoms with Crippen molar-refractivity contribution < 1.29 is 0 Å². The van der Waals surface area contributed by atoms with E-state index in [0.717, 1.165) is 29.6 Å².